The second-order valence-electron chi connectivity index (χ2n) is 7.91. The predicted octanol–water partition coefficient (Wildman–Crippen LogP) is 4.39. The number of thiocarbonyl (C=S) groups is 1. The molecule has 0 saturated heterocycles. The van der Waals surface area contributed by atoms with E-state index in [0.717, 1.165) is 11.5 Å². The monoisotopic (exact) mass is 284 g/mol. The lowest BCUT2D eigenvalue weighted by Gasteiger charge is -2.35. The van der Waals surface area contributed by atoms with Gasteiger partial charge in [0.1, 0.15) is 0 Å². The summed E-state index contributed by atoms with van der Waals surface area (Å²) in [7, 11) is 0. The van der Waals surface area contributed by atoms with E-state index in [1.54, 1.807) is 0 Å². The van der Waals surface area contributed by atoms with Crippen LogP contribution in [0.4, 0.5) is 0 Å². The van der Waals surface area contributed by atoms with Gasteiger partial charge in [-0.05, 0) is 50.7 Å². The molecule has 0 spiro atoms. The van der Waals surface area contributed by atoms with Gasteiger partial charge in [0.05, 0.1) is 0 Å². The minimum Gasteiger partial charge on any atom is -0.360 e. The van der Waals surface area contributed by atoms with Crippen molar-refractivity contribution >= 4 is 17.3 Å². The minimum absolute atomic E-state index is 0.0487. The highest BCUT2D eigenvalue weighted by atomic mass is 32.1. The van der Waals surface area contributed by atoms with E-state index in [1.165, 1.54) is 38.5 Å². The van der Waals surface area contributed by atoms with Gasteiger partial charge in [0, 0.05) is 11.6 Å². The molecule has 1 saturated carbocycles. The van der Waals surface area contributed by atoms with Gasteiger partial charge in [-0.1, -0.05) is 46.5 Å². The molecule has 0 aromatic carbocycles. The number of hydrogen-bond acceptors (Lipinski definition) is 1. The average molecular weight is 285 g/mol. The van der Waals surface area contributed by atoms with Crippen LogP contribution in [0.1, 0.15) is 79.6 Å². The Balaban J connectivity index is 2.40. The molecule has 2 nitrogen and oxygen atoms in total. The van der Waals surface area contributed by atoms with Crippen LogP contribution in [-0.4, -0.2) is 16.7 Å². The fourth-order valence-corrected chi connectivity index (χ4v) is 3.77. The summed E-state index contributed by atoms with van der Waals surface area (Å²) in [5, 5.41) is 7.86. The van der Waals surface area contributed by atoms with E-state index in [0.29, 0.717) is 11.5 Å². The lowest BCUT2D eigenvalue weighted by Crippen LogP contribution is -2.52. The molecule has 0 amide bonds. The van der Waals surface area contributed by atoms with Crippen molar-refractivity contribution in [2.75, 3.05) is 0 Å². The summed E-state index contributed by atoms with van der Waals surface area (Å²) in [6, 6.07) is 0.577. The largest absolute Gasteiger partial charge is 0.360 e. The maximum absolute atomic E-state index is 5.49. The van der Waals surface area contributed by atoms with Crippen molar-refractivity contribution in [3.8, 4) is 0 Å². The summed E-state index contributed by atoms with van der Waals surface area (Å²) in [6.07, 6.45) is 9.08. The maximum atomic E-state index is 5.49. The van der Waals surface area contributed by atoms with E-state index < -0.39 is 0 Å². The number of rotatable bonds is 3. The van der Waals surface area contributed by atoms with Gasteiger partial charge in [-0.15, -0.1) is 0 Å². The van der Waals surface area contributed by atoms with Crippen LogP contribution in [0.15, 0.2) is 0 Å². The topological polar surface area (TPSA) is 24.1 Å². The Kier molecular flexibility index (Phi) is 6.10. The minimum atomic E-state index is 0.0487. The van der Waals surface area contributed by atoms with Crippen LogP contribution in [0.2, 0.25) is 0 Å². The fraction of sp³-hybridized carbons (Fsp3) is 0.938. The molecule has 3 heteroatoms. The first-order valence-corrected chi connectivity index (χ1v) is 8.17. The molecule has 1 aliphatic carbocycles. The van der Waals surface area contributed by atoms with E-state index in [1.807, 2.05) is 0 Å². The van der Waals surface area contributed by atoms with Crippen molar-refractivity contribution in [1.82, 2.24) is 10.6 Å². The molecule has 0 radical (unpaired) electrons. The lowest BCUT2D eigenvalue weighted by molar-refractivity contribution is 0.266. The van der Waals surface area contributed by atoms with Crippen molar-refractivity contribution in [1.29, 1.82) is 0 Å². The zero-order valence-corrected chi connectivity index (χ0v) is 14.3. The van der Waals surface area contributed by atoms with Crippen molar-refractivity contribution < 1.29 is 0 Å². The molecule has 0 heterocycles. The number of hydrogen-bond donors (Lipinski definition) is 2. The molecule has 0 unspecified atom stereocenters. The molecule has 112 valence electrons. The fourth-order valence-electron chi connectivity index (χ4n) is 3.32. The van der Waals surface area contributed by atoms with Crippen molar-refractivity contribution in [3.05, 3.63) is 0 Å². The Morgan fingerprint density at radius 2 is 1.53 bits per heavy atom. The summed E-state index contributed by atoms with van der Waals surface area (Å²) >= 11 is 5.49. The van der Waals surface area contributed by atoms with Crippen LogP contribution in [0, 0.1) is 5.41 Å². The normalized spacial score (nSPS) is 18.8. The standard InChI is InChI=1S/C16H32N2S/c1-15(2,3)12-16(4,5)18-14(19)17-13-10-8-6-7-9-11-13/h13H,6-12H2,1-5H3,(H2,17,18,19). The van der Waals surface area contributed by atoms with Crippen LogP contribution in [0.25, 0.3) is 0 Å². The van der Waals surface area contributed by atoms with Gasteiger partial charge in [0.25, 0.3) is 0 Å². The summed E-state index contributed by atoms with van der Waals surface area (Å²) in [5.74, 6) is 0. The molecular formula is C16H32N2S. The average Bonchev–Trinajstić information content (AvgIpc) is 2.40. The SMILES string of the molecule is CC(C)(C)CC(C)(C)NC(=S)NC1CCCCCC1. The van der Waals surface area contributed by atoms with Gasteiger partial charge in [-0.2, -0.15) is 0 Å². The first-order valence-electron chi connectivity index (χ1n) is 7.77. The first-order chi connectivity index (χ1) is 8.68. The van der Waals surface area contributed by atoms with Gasteiger partial charge in [0.2, 0.25) is 0 Å². The molecule has 0 aliphatic heterocycles. The number of nitrogens with one attached hydrogen (secondary N) is 2. The van der Waals surface area contributed by atoms with Gasteiger partial charge >= 0.3 is 0 Å². The second-order valence-corrected chi connectivity index (χ2v) is 8.32. The summed E-state index contributed by atoms with van der Waals surface area (Å²) < 4.78 is 0. The first kappa shape index (κ1) is 16.7. The molecule has 0 bridgehead atoms. The smallest absolute Gasteiger partial charge is 0.166 e. The van der Waals surface area contributed by atoms with Gasteiger partial charge < -0.3 is 10.6 Å². The zero-order valence-electron chi connectivity index (χ0n) is 13.4. The van der Waals surface area contributed by atoms with E-state index >= 15 is 0 Å². The Morgan fingerprint density at radius 3 is 2.00 bits per heavy atom. The van der Waals surface area contributed by atoms with E-state index in [4.69, 9.17) is 12.2 Å². The van der Waals surface area contributed by atoms with Gasteiger partial charge in [-0.25, -0.2) is 0 Å². The predicted molar refractivity (Wildman–Crippen MR) is 88.5 cm³/mol. The Bertz CT molecular complexity index is 284. The Hall–Kier alpha value is -0.310. The van der Waals surface area contributed by atoms with E-state index in [2.05, 4.69) is 45.3 Å². The van der Waals surface area contributed by atoms with E-state index in [-0.39, 0.29) is 5.54 Å². The third-order valence-electron chi connectivity index (χ3n) is 3.61. The third kappa shape index (κ3) is 7.76. The van der Waals surface area contributed by atoms with Crippen LogP contribution >= 0.6 is 12.2 Å². The zero-order chi connectivity index (χ0) is 14.5. The van der Waals surface area contributed by atoms with Crippen molar-refractivity contribution in [2.45, 2.75) is 91.1 Å². The molecule has 19 heavy (non-hydrogen) atoms. The highest BCUT2D eigenvalue weighted by Crippen LogP contribution is 2.26. The van der Waals surface area contributed by atoms with Crippen molar-refractivity contribution in [2.24, 2.45) is 5.41 Å². The van der Waals surface area contributed by atoms with Crippen LogP contribution in [0.5, 0.6) is 0 Å². The summed E-state index contributed by atoms with van der Waals surface area (Å²) in [4.78, 5) is 0. The third-order valence-corrected chi connectivity index (χ3v) is 3.83. The lowest BCUT2D eigenvalue weighted by atomic mass is 9.82. The van der Waals surface area contributed by atoms with Gasteiger partial charge in [-0.3, -0.25) is 0 Å². The Morgan fingerprint density at radius 1 is 1.00 bits per heavy atom. The maximum Gasteiger partial charge on any atom is 0.166 e. The molecule has 2 N–H and O–H groups in total. The quantitative estimate of drug-likeness (QED) is 0.594. The van der Waals surface area contributed by atoms with Crippen molar-refractivity contribution in [3.63, 3.8) is 0 Å². The molecule has 0 atom stereocenters. The molecule has 1 fully saturated rings. The second kappa shape index (κ2) is 6.92. The molecule has 1 aliphatic rings. The van der Waals surface area contributed by atoms with Gasteiger partial charge in [0.15, 0.2) is 5.11 Å². The highest BCUT2D eigenvalue weighted by molar-refractivity contribution is 7.80. The van der Waals surface area contributed by atoms with Crippen LogP contribution < -0.4 is 10.6 Å². The highest BCUT2D eigenvalue weighted by Gasteiger charge is 2.26. The molecule has 0 aromatic heterocycles. The molecular weight excluding hydrogens is 252 g/mol. The summed E-state index contributed by atoms with van der Waals surface area (Å²) in [5.41, 5.74) is 0.363. The van der Waals surface area contributed by atoms with Crippen LogP contribution in [0.3, 0.4) is 0 Å². The van der Waals surface area contributed by atoms with Crippen LogP contribution in [-0.2, 0) is 0 Å². The summed E-state index contributed by atoms with van der Waals surface area (Å²) in [6.45, 7) is 11.3. The van der Waals surface area contributed by atoms with E-state index in [9.17, 15) is 0 Å². The molecule has 0 aromatic rings. The molecule has 1 rings (SSSR count). The Labute approximate surface area is 125 Å².